The highest BCUT2D eigenvalue weighted by molar-refractivity contribution is 9.10. The number of thiol groups is 1. The molecule has 1 aromatic heterocycles. The zero-order valence-electron chi connectivity index (χ0n) is 9.46. The van der Waals surface area contributed by atoms with Gasteiger partial charge >= 0.3 is 0 Å². The summed E-state index contributed by atoms with van der Waals surface area (Å²) in [6.07, 6.45) is 0. The van der Waals surface area contributed by atoms with Gasteiger partial charge in [0.1, 0.15) is 0 Å². The highest BCUT2D eigenvalue weighted by Crippen LogP contribution is 2.23. The maximum Gasteiger partial charge on any atom is 0.0325 e. The molecule has 0 saturated heterocycles. The molecular formula is C11H18BrNS2. The Bertz CT molecular complexity index is 309. The van der Waals surface area contributed by atoms with Crippen molar-refractivity contribution in [3.05, 3.63) is 20.8 Å². The van der Waals surface area contributed by atoms with Crippen molar-refractivity contribution < 1.29 is 0 Å². The minimum absolute atomic E-state index is 0.284. The quantitative estimate of drug-likeness (QED) is 0.808. The lowest BCUT2D eigenvalue weighted by molar-refractivity contribution is 0.226. The molecule has 86 valence electrons. The van der Waals surface area contributed by atoms with Gasteiger partial charge in [0.15, 0.2) is 0 Å². The van der Waals surface area contributed by atoms with E-state index in [1.807, 2.05) is 0 Å². The van der Waals surface area contributed by atoms with E-state index in [1.165, 1.54) is 9.35 Å². The third-order valence-corrected chi connectivity index (χ3v) is 4.71. The van der Waals surface area contributed by atoms with E-state index in [1.54, 1.807) is 11.3 Å². The molecule has 0 saturated carbocycles. The van der Waals surface area contributed by atoms with Crippen molar-refractivity contribution in [1.29, 1.82) is 0 Å². The lowest BCUT2D eigenvalue weighted by atomic mass is 9.96. The van der Waals surface area contributed by atoms with Crippen LogP contribution in [0.1, 0.15) is 18.7 Å². The number of hydrogen-bond donors (Lipinski definition) is 1. The monoisotopic (exact) mass is 307 g/mol. The van der Waals surface area contributed by atoms with Gasteiger partial charge in [-0.2, -0.15) is 12.6 Å². The molecule has 0 aliphatic heterocycles. The SMILES string of the molecule is CN(Cc1cc(Br)cs1)CC(C)(C)CS. The molecule has 1 rings (SSSR count). The van der Waals surface area contributed by atoms with Crippen molar-refractivity contribution >= 4 is 39.9 Å². The molecule has 0 aromatic carbocycles. The predicted octanol–water partition coefficient (Wildman–Crippen LogP) is 3.90. The highest BCUT2D eigenvalue weighted by Gasteiger charge is 2.18. The van der Waals surface area contributed by atoms with Crippen LogP contribution < -0.4 is 0 Å². The van der Waals surface area contributed by atoms with Crippen molar-refractivity contribution in [3.8, 4) is 0 Å². The average molecular weight is 308 g/mol. The lowest BCUT2D eigenvalue weighted by Gasteiger charge is -2.28. The van der Waals surface area contributed by atoms with Crippen molar-refractivity contribution in [2.24, 2.45) is 5.41 Å². The third kappa shape index (κ3) is 4.89. The van der Waals surface area contributed by atoms with Gasteiger partial charge in [0.05, 0.1) is 0 Å². The molecule has 0 atom stereocenters. The fraction of sp³-hybridized carbons (Fsp3) is 0.636. The van der Waals surface area contributed by atoms with Crippen LogP contribution in [0.2, 0.25) is 0 Å². The second-order valence-corrected chi connectivity index (χ2v) is 6.95. The summed E-state index contributed by atoms with van der Waals surface area (Å²) in [6.45, 7) is 6.60. The van der Waals surface area contributed by atoms with Crippen LogP contribution in [0.4, 0.5) is 0 Å². The van der Waals surface area contributed by atoms with Gasteiger partial charge in [0.25, 0.3) is 0 Å². The Hall–Kier alpha value is 0.490. The highest BCUT2D eigenvalue weighted by atomic mass is 79.9. The van der Waals surface area contributed by atoms with Crippen LogP contribution >= 0.6 is 39.9 Å². The van der Waals surface area contributed by atoms with Crippen molar-refractivity contribution in [2.45, 2.75) is 20.4 Å². The Morgan fingerprint density at radius 2 is 2.20 bits per heavy atom. The number of hydrogen-bond acceptors (Lipinski definition) is 3. The molecule has 0 spiro atoms. The molecule has 0 bridgehead atoms. The van der Waals surface area contributed by atoms with Crippen molar-refractivity contribution in [2.75, 3.05) is 19.3 Å². The van der Waals surface area contributed by atoms with Gasteiger partial charge in [0.2, 0.25) is 0 Å². The van der Waals surface area contributed by atoms with Gasteiger partial charge in [-0.15, -0.1) is 11.3 Å². The topological polar surface area (TPSA) is 3.24 Å². The van der Waals surface area contributed by atoms with Crippen LogP contribution in [0.25, 0.3) is 0 Å². The third-order valence-electron chi connectivity index (χ3n) is 2.17. The number of nitrogens with zero attached hydrogens (tertiary/aromatic N) is 1. The summed E-state index contributed by atoms with van der Waals surface area (Å²) in [7, 11) is 2.17. The normalized spacial score (nSPS) is 12.4. The van der Waals surface area contributed by atoms with E-state index in [0.717, 1.165) is 18.8 Å². The van der Waals surface area contributed by atoms with Gasteiger partial charge in [-0.1, -0.05) is 13.8 Å². The first kappa shape index (κ1) is 13.6. The van der Waals surface area contributed by atoms with Crippen LogP contribution in [0.5, 0.6) is 0 Å². The minimum Gasteiger partial charge on any atom is -0.301 e. The second-order valence-electron chi connectivity index (χ2n) is 4.73. The second kappa shape index (κ2) is 5.71. The molecule has 0 unspecified atom stereocenters. The predicted molar refractivity (Wildman–Crippen MR) is 76.0 cm³/mol. The summed E-state index contributed by atoms with van der Waals surface area (Å²) < 4.78 is 1.18. The summed E-state index contributed by atoms with van der Waals surface area (Å²) in [4.78, 5) is 3.76. The Morgan fingerprint density at radius 1 is 1.53 bits per heavy atom. The Labute approximate surface area is 110 Å². The van der Waals surface area contributed by atoms with E-state index >= 15 is 0 Å². The molecule has 0 N–H and O–H groups in total. The minimum atomic E-state index is 0.284. The number of rotatable bonds is 5. The maximum atomic E-state index is 4.37. The summed E-state index contributed by atoms with van der Waals surface area (Å²) in [5.74, 6) is 0.922. The molecule has 0 fully saturated rings. The van der Waals surface area contributed by atoms with Gasteiger partial charge in [-0.25, -0.2) is 0 Å². The Morgan fingerprint density at radius 3 is 2.67 bits per heavy atom. The Balaban J connectivity index is 2.46. The zero-order valence-corrected chi connectivity index (χ0v) is 12.8. The fourth-order valence-electron chi connectivity index (χ4n) is 1.54. The van der Waals surface area contributed by atoms with Crippen LogP contribution in [0.3, 0.4) is 0 Å². The first-order valence-corrected chi connectivity index (χ1v) is 7.26. The molecule has 15 heavy (non-hydrogen) atoms. The molecule has 0 amide bonds. The smallest absolute Gasteiger partial charge is 0.0325 e. The molecule has 1 heterocycles. The number of thiophene rings is 1. The molecule has 4 heteroatoms. The lowest BCUT2D eigenvalue weighted by Crippen LogP contribution is -2.32. The first-order valence-electron chi connectivity index (χ1n) is 4.95. The van der Waals surface area contributed by atoms with Gasteiger partial charge in [-0.05, 0) is 40.2 Å². The van der Waals surface area contributed by atoms with Gasteiger partial charge < -0.3 is 4.90 Å². The van der Waals surface area contributed by atoms with Crippen LogP contribution in [-0.2, 0) is 6.54 Å². The zero-order chi connectivity index (χ0) is 11.5. The van der Waals surface area contributed by atoms with Crippen LogP contribution in [0, 0.1) is 5.41 Å². The number of halogens is 1. The first-order chi connectivity index (χ1) is 6.93. The maximum absolute atomic E-state index is 4.37. The van der Waals surface area contributed by atoms with E-state index in [9.17, 15) is 0 Å². The summed E-state index contributed by atoms with van der Waals surface area (Å²) in [5.41, 5.74) is 0.284. The van der Waals surface area contributed by atoms with Gasteiger partial charge in [-0.3, -0.25) is 0 Å². The molecule has 0 aliphatic rings. The molecule has 1 nitrogen and oxygen atoms in total. The van der Waals surface area contributed by atoms with E-state index < -0.39 is 0 Å². The van der Waals surface area contributed by atoms with E-state index in [-0.39, 0.29) is 5.41 Å². The Kier molecular flexibility index (Phi) is 5.16. The van der Waals surface area contributed by atoms with E-state index in [2.05, 4.69) is 65.8 Å². The fourth-order valence-corrected chi connectivity index (χ4v) is 3.17. The largest absolute Gasteiger partial charge is 0.301 e. The summed E-state index contributed by atoms with van der Waals surface area (Å²) in [6, 6.07) is 2.19. The van der Waals surface area contributed by atoms with Crippen molar-refractivity contribution in [3.63, 3.8) is 0 Å². The summed E-state index contributed by atoms with van der Waals surface area (Å²) >= 11 is 9.66. The van der Waals surface area contributed by atoms with Gasteiger partial charge in [0, 0.05) is 27.8 Å². The molecule has 1 aromatic rings. The van der Waals surface area contributed by atoms with E-state index in [0.29, 0.717) is 0 Å². The molecule has 0 radical (unpaired) electrons. The summed E-state index contributed by atoms with van der Waals surface area (Å²) in [5, 5.41) is 2.13. The standard InChI is InChI=1S/C11H18BrNS2/c1-11(2,8-14)7-13(3)5-10-4-9(12)6-15-10/h4,6,14H,5,7-8H2,1-3H3. The molecule has 0 aliphatic carbocycles. The van der Waals surface area contributed by atoms with Crippen LogP contribution in [0.15, 0.2) is 15.9 Å². The molecular weight excluding hydrogens is 290 g/mol. The van der Waals surface area contributed by atoms with Crippen LogP contribution in [-0.4, -0.2) is 24.2 Å². The average Bonchev–Trinajstić information content (AvgIpc) is 2.50. The van der Waals surface area contributed by atoms with E-state index in [4.69, 9.17) is 0 Å². The van der Waals surface area contributed by atoms with Crippen molar-refractivity contribution in [1.82, 2.24) is 4.90 Å².